The van der Waals surface area contributed by atoms with E-state index in [1.165, 1.54) is 4.70 Å². The van der Waals surface area contributed by atoms with Crippen LogP contribution in [0, 0.1) is 12.1 Å². The molecule has 0 aliphatic heterocycles. The zero-order valence-corrected chi connectivity index (χ0v) is 5.53. The molecule has 0 atom stereocenters. The number of fused-ring (bicyclic) bond motifs is 1. The lowest BCUT2D eigenvalue weighted by Crippen LogP contribution is -1.57. The molecule has 0 saturated carbocycles. The molecule has 0 nitrogen and oxygen atoms in total. The zero-order valence-electron chi connectivity index (χ0n) is 4.72. The van der Waals surface area contributed by atoms with E-state index in [1.807, 2.05) is 17.5 Å². The molecule has 9 heavy (non-hydrogen) atoms. The minimum atomic E-state index is 1.10. The average molecular weight is 132 g/mol. The molecule has 0 N–H and O–H groups in total. The Labute approximate surface area is 57.8 Å². The highest BCUT2D eigenvalue weighted by atomic mass is 32.1. The average Bonchev–Trinajstić information content (AvgIpc) is 2.33. The van der Waals surface area contributed by atoms with Gasteiger partial charge in [0, 0.05) is 16.2 Å². The van der Waals surface area contributed by atoms with E-state index in [4.69, 9.17) is 0 Å². The molecule has 0 aliphatic carbocycles. The minimum Gasteiger partial charge on any atom is -0.143 e. The number of rotatable bonds is 0. The second-order valence-corrected chi connectivity index (χ2v) is 2.70. The van der Waals surface area contributed by atoms with Gasteiger partial charge >= 0.3 is 0 Å². The lowest BCUT2D eigenvalue weighted by atomic mass is 10.3. The van der Waals surface area contributed by atoms with Gasteiger partial charge in [-0.3, -0.25) is 0 Å². The predicted octanol–water partition coefficient (Wildman–Crippen LogP) is 2.50. The predicted molar refractivity (Wildman–Crippen MR) is 39.5 cm³/mol. The molecule has 0 amide bonds. The highest BCUT2D eigenvalue weighted by molar-refractivity contribution is 7.17. The molecule has 0 aliphatic rings. The first-order chi connectivity index (χ1) is 4.47. The lowest BCUT2D eigenvalue weighted by molar-refractivity contribution is 1.83. The van der Waals surface area contributed by atoms with E-state index in [9.17, 15) is 0 Å². The van der Waals surface area contributed by atoms with E-state index < -0.39 is 0 Å². The fourth-order valence-corrected chi connectivity index (χ4v) is 1.48. The van der Waals surface area contributed by atoms with E-state index in [-0.39, 0.29) is 0 Å². The van der Waals surface area contributed by atoms with Crippen LogP contribution in [0.2, 0.25) is 0 Å². The molecule has 42 valence electrons. The second kappa shape index (κ2) is 1.85. The van der Waals surface area contributed by atoms with Crippen molar-refractivity contribution in [1.82, 2.24) is 0 Å². The quantitative estimate of drug-likeness (QED) is 0.516. The summed E-state index contributed by atoms with van der Waals surface area (Å²) in [4.78, 5) is 0. The molecule has 2 radical (unpaired) electrons. The molecule has 1 aromatic heterocycles. The van der Waals surface area contributed by atoms with Gasteiger partial charge in [0.15, 0.2) is 0 Å². The first-order valence-electron chi connectivity index (χ1n) is 2.72. The van der Waals surface area contributed by atoms with E-state index in [1.54, 1.807) is 11.3 Å². The molecular formula is C8H4S. The standard InChI is InChI=1S/C8H4S/c1-2-4-8-7(3-1)5-6-9-8/h1-2,4,6H. The van der Waals surface area contributed by atoms with Crippen molar-refractivity contribution in [3.8, 4) is 0 Å². The summed E-state index contributed by atoms with van der Waals surface area (Å²) in [5.74, 6) is 0. The van der Waals surface area contributed by atoms with Gasteiger partial charge in [-0.15, -0.1) is 11.3 Å². The molecular weight excluding hydrogens is 128 g/mol. The largest absolute Gasteiger partial charge is 0.143 e. The molecule has 1 heterocycles. The summed E-state index contributed by atoms with van der Waals surface area (Å²) in [5, 5.41) is 3.06. The van der Waals surface area contributed by atoms with Crippen LogP contribution in [0.5, 0.6) is 0 Å². The van der Waals surface area contributed by atoms with Crippen LogP contribution in [0.3, 0.4) is 0 Å². The van der Waals surface area contributed by atoms with Crippen molar-refractivity contribution < 1.29 is 0 Å². The Morgan fingerprint density at radius 2 is 2.33 bits per heavy atom. The van der Waals surface area contributed by atoms with E-state index in [0.29, 0.717) is 0 Å². The van der Waals surface area contributed by atoms with Crippen molar-refractivity contribution in [3.05, 3.63) is 35.7 Å². The maximum Gasteiger partial charge on any atom is 0.0355 e. The summed E-state index contributed by atoms with van der Waals surface area (Å²) >= 11 is 1.70. The fraction of sp³-hybridized carbons (Fsp3) is 0. The third-order valence-corrected chi connectivity index (χ3v) is 2.04. The number of hydrogen-bond donors (Lipinski definition) is 0. The van der Waals surface area contributed by atoms with Gasteiger partial charge in [-0.1, -0.05) is 12.1 Å². The number of benzene rings is 1. The number of hydrogen-bond acceptors (Lipinski definition) is 1. The second-order valence-electron chi connectivity index (χ2n) is 1.79. The Bertz CT molecular complexity index is 279. The van der Waals surface area contributed by atoms with Crippen molar-refractivity contribution in [2.75, 3.05) is 0 Å². The summed E-state index contributed by atoms with van der Waals surface area (Å²) in [6.07, 6.45) is 0. The minimum absolute atomic E-state index is 1.10. The first-order valence-corrected chi connectivity index (χ1v) is 3.60. The van der Waals surface area contributed by atoms with Crippen LogP contribution in [0.4, 0.5) is 0 Å². The van der Waals surface area contributed by atoms with Crippen molar-refractivity contribution in [1.29, 1.82) is 0 Å². The summed E-state index contributed by atoms with van der Waals surface area (Å²) in [6.45, 7) is 0. The van der Waals surface area contributed by atoms with Gasteiger partial charge in [-0.2, -0.15) is 0 Å². The van der Waals surface area contributed by atoms with Crippen LogP contribution in [-0.2, 0) is 0 Å². The van der Waals surface area contributed by atoms with Gasteiger partial charge < -0.3 is 0 Å². The maximum absolute atomic E-state index is 3.09. The molecule has 2 rings (SSSR count). The fourth-order valence-electron chi connectivity index (χ4n) is 0.784. The van der Waals surface area contributed by atoms with Gasteiger partial charge in [0.2, 0.25) is 0 Å². The van der Waals surface area contributed by atoms with E-state index in [0.717, 1.165) is 5.39 Å². The molecule has 0 bridgehead atoms. The van der Waals surface area contributed by atoms with Gasteiger partial charge in [0.25, 0.3) is 0 Å². The van der Waals surface area contributed by atoms with Gasteiger partial charge in [0.1, 0.15) is 0 Å². The van der Waals surface area contributed by atoms with Gasteiger partial charge in [-0.25, -0.2) is 0 Å². The van der Waals surface area contributed by atoms with E-state index in [2.05, 4.69) is 18.2 Å². The summed E-state index contributed by atoms with van der Waals surface area (Å²) < 4.78 is 1.26. The number of thiophene rings is 1. The third-order valence-electron chi connectivity index (χ3n) is 1.21. The Hall–Kier alpha value is -0.820. The normalized spacial score (nSPS) is 10.2. The Balaban J connectivity index is 2.95. The van der Waals surface area contributed by atoms with Gasteiger partial charge in [0.05, 0.1) is 0 Å². The van der Waals surface area contributed by atoms with Crippen molar-refractivity contribution in [3.63, 3.8) is 0 Å². The molecule has 0 spiro atoms. The highest BCUT2D eigenvalue weighted by Crippen LogP contribution is 2.17. The highest BCUT2D eigenvalue weighted by Gasteiger charge is 1.89. The maximum atomic E-state index is 3.09. The van der Waals surface area contributed by atoms with Crippen molar-refractivity contribution in [2.24, 2.45) is 0 Å². The summed E-state index contributed by atoms with van der Waals surface area (Å²) in [5.41, 5.74) is 0. The molecule has 0 fully saturated rings. The molecule has 1 aromatic carbocycles. The van der Waals surface area contributed by atoms with Crippen LogP contribution < -0.4 is 0 Å². The van der Waals surface area contributed by atoms with Crippen LogP contribution in [0.25, 0.3) is 10.1 Å². The Morgan fingerprint density at radius 3 is 3.22 bits per heavy atom. The Morgan fingerprint density at radius 1 is 1.33 bits per heavy atom. The van der Waals surface area contributed by atoms with Crippen LogP contribution in [0.1, 0.15) is 0 Å². The molecule has 0 unspecified atom stereocenters. The monoisotopic (exact) mass is 132 g/mol. The summed E-state index contributed by atoms with van der Waals surface area (Å²) in [7, 11) is 0. The van der Waals surface area contributed by atoms with Gasteiger partial charge in [-0.05, 0) is 17.5 Å². The van der Waals surface area contributed by atoms with Crippen LogP contribution >= 0.6 is 11.3 Å². The first kappa shape index (κ1) is 5.00. The van der Waals surface area contributed by atoms with Crippen LogP contribution in [0.15, 0.2) is 23.6 Å². The van der Waals surface area contributed by atoms with Crippen LogP contribution in [-0.4, -0.2) is 0 Å². The smallest absolute Gasteiger partial charge is 0.0355 e. The summed E-state index contributed by atoms with van der Waals surface area (Å²) in [6, 6.07) is 12.1. The molecule has 1 heteroatoms. The topological polar surface area (TPSA) is 0 Å². The Kier molecular flexibility index (Phi) is 1.03. The van der Waals surface area contributed by atoms with Crippen molar-refractivity contribution >= 4 is 21.4 Å². The zero-order chi connectivity index (χ0) is 6.10. The molecule has 0 saturated heterocycles. The van der Waals surface area contributed by atoms with E-state index >= 15 is 0 Å². The van der Waals surface area contributed by atoms with Crippen molar-refractivity contribution in [2.45, 2.75) is 0 Å². The SMILES string of the molecule is [c]1cccc2sc[c]c12. The molecule has 2 aromatic rings. The lowest BCUT2D eigenvalue weighted by Gasteiger charge is -1.81. The third kappa shape index (κ3) is 0.736.